The lowest BCUT2D eigenvalue weighted by molar-refractivity contribution is 0.840. The SMILES string of the molecule is Cc1ccc(C)c(Nc2nc3ccc(C)cc3n3nnnc23)c1. The Morgan fingerprint density at radius 1 is 0.957 bits per heavy atom. The average Bonchev–Trinajstić information content (AvgIpc) is 3.02. The van der Waals surface area contributed by atoms with Gasteiger partial charge in [0, 0.05) is 5.69 Å². The van der Waals surface area contributed by atoms with Gasteiger partial charge in [-0.05, 0) is 66.1 Å². The van der Waals surface area contributed by atoms with E-state index < -0.39 is 0 Å². The first kappa shape index (κ1) is 13.6. The van der Waals surface area contributed by atoms with E-state index in [1.165, 1.54) is 5.56 Å². The minimum absolute atomic E-state index is 0.615. The molecule has 4 aromatic rings. The van der Waals surface area contributed by atoms with Crippen LogP contribution >= 0.6 is 0 Å². The maximum atomic E-state index is 4.71. The Morgan fingerprint density at radius 3 is 2.61 bits per heavy atom. The topological polar surface area (TPSA) is 68.0 Å². The van der Waals surface area contributed by atoms with Gasteiger partial charge in [-0.15, -0.1) is 5.10 Å². The third-order valence-corrected chi connectivity index (χ3v) is 3.92. The fourth-order valence-corrected chi connectivity index (χ4v) is 2.65. The summed E-state index contributed by atoms with van der Waals surface area (Å²) in [5, 5.41) is 15.4. The van der Waals surface area contributed by atoms with Gasteiger partial charge >= 0.3 is 0 Å². The molecule has 0 amide bonds. The van der Waals surface area contributed by atoms with Gasteiger partial charge in [0.2, 0.25) is 5.65 Å². The van der Waals surface area contributed by atoms with E-state index in [1.54, 1.807) is 4.52 Å². The van der Waals surface area contributed by atoms with Crippen LogP contribution in [0.25, 0.3) is 16.7 Å². The van der Waals surface area contributed by atoms with Gasteiger partial charge in [0.05, 0.1) is 11.0 Å². The van der Waals surface area contributed by atoms with Crippen LogP contribution in [0.1, 0.15) is 16.7 Å². The van der Waals surface area contributed by atoms with E-state index in [2.05, 4.69) is 52.9 Å². The van der Waals surface area contributed by atoms with Crippen molar-refractivity contribution in [3.05, 3.63) is 53.1 Å². The Hall–Kier alpha value is -3.02. The number of aryl methyl sites for hydroxylation is 3. The van der Waals surface area contributed by atoms with Crippen LogP contribution in [0.2, 0.25) is 0 Å². The number of anilines is 2. The molecular weight excluding hydrogens is 288 g/mol. The highest BCUT2D eigenvalue weighted by molar-refractivity contribution is 5.84. The normalized spacial score (nSPS) is 11.3. The highest BCUT2D eigenvalue weighted by Crippen LogP contribution is 2.25. The number of nitrogens with zero attached hydrogens (tertiary/aromatic N) is 5. The van der Waals surface area contributed by atoms with E-state index in [9.17, 15) is 0 Å². The molecule has 0 aliphatic rings. The Kier molecular flexibility index (Phi) is 2.97. The van der Waals surface area contributed by atoms with Crippen molar-refractivity contribution in [3.63, 3.8) is 0 Å². The summed E-state index contributed by atoms with van der Waals surface area (Å²) in [5.41, 5.74) is 6.85. The molecule has 6 nitrogen and oxygen atoms in total. The summed E-state index contributed by atoms with van der Waals surface area (Å²) in [6.45, 7) is 6.17. The summed E-state index contributed by atoms with van der Waals surface area (Å²) < 4.78 is 1.72. The zero-order valence-corrected chi connectivity index (χ0v) is 13.2. The molecule has 6 heteroatoms. The molecule has 114 valence electrons. The maximum absolute atomic E-state index is 4.71. The first-order chi connectivity index (χ1) is 11.1. The number of hydrogen-bond donors (Lipinski definition) is 1. The van der Waals surface area contributed by atoms with Crippen molar-refractivity contribution in [1.29, 1.82) is 0 Å². The largest absolute Gasteiger partial charge is 0.337 e. The first-order valence-electron chi connectivity index (χ1n) is 7.44. The second kappa shape index (κ2) is 5.01. The molecule has 23 heavy (non-hydrogen) atoms. The Morgan fingerprint density at radius 2 is 1.74 bits per heavy atom. The molecule has 0 saturated carbocycles. The lowest BCUT2D eigenvalue weighted by atomic mass is 10.1. The fraction of sp³-hybridized carbons (Fsp3) is 0.176. The Labute approximate surface area is 133 Å². The summed E-state index contributed by atoms with van der Waals surface area (Å²) in [4.78, 5) is 4.71. The molecule has 0 radical (unpaired) electrons. The molecule has 0 unspecified atom stereocenters. The van der Waals surface area contributed by atoms with Gasteiger partial charge in [0.15, 0.2) is 5.82 Å². The number of hydrogen-bond acceptors (Lipinski definition) is 5. The number of aromatic nitrogens is 5. The molecule has 2 heterocycles. The quantitative estimate of drug-likeness (QED) is 0.615. The zero-order chi connectivity index (χ0) is 16.0. The molecule has 0 spiro atoms. The van der Waals surface area contributed by atoms with E-state index in [1.807, 2.05) is 25.1 Å². The van der Waals surface area contributed by atoms with Gasteiger partial charge in [-0.25, -0.2) is 4.98 Å². The van der Waals surface area contributed by atoms with Crippen molar-refractivity contribution in [3.8, 4) is 0 Å². The maximum Gasteiger partial charge on any atom is 0.222 e. The lowest BCUT2D eigenvalue weighted by Gasteiger charge is -2.11. The molecule has 2 aromatic heterocycles. The van der Waals surface area contributed by atoms with Crippen molar-refractivity contribution in [1.82, 2.24) is 25.0 Å². The minimum Gasteiger partial charge on any atom is -0.337 e. The number of fused-ring (bicyclic) bond motifs is 3. The third kappa shape index (κ3) is 2.28. The summed E-state index contributed by atoms with van der Waals surface area (Å²) in [5.74, 6) is 0.653. The van der Waals surface area contributed by atoms with Crippen LogP contribution in [-0.2, 0) is 0 Å². The smallest absolute Gasteiger partial charge is 0.222 e. The Bertz CT molecular complexity index is 1030. The second-order valence-electron chi connectivity index (χ2n) is 5.81. The molecule has 2 aromatic carbocycles. The van der Waals surface area contributed by atoms with Gasteiger partial charge in [-0.2, -0.15) is 4.52 Å². The van der Waals surface area contributed by atoms with Crippen LogP contribution < -0.4 is 5.32 Å². The molecule has 4 rings (SSSR count). The number of rotatable bonds is 2. The van der Waals surface area contributed by atoms with Gasteiger partial charge < -0.3 is 5.32 Å². The molecule has 0 aliphatic carbocycles. The monoisotopic (exact) mass is 304 g/mol. The van der Waals surface area contributed by atoms with Crippen LogP contribution in [0.5, 0.6) is 0 Å². The lowest BCUT2D eigenvalue weighted by Crippen LogP contribution is -2.02. The number of benzene rings is 2. The number of tetrazole rings is 1. The van der Waals surface area contributed by atoms with Gasteiger partial charge in [-0.1, -0.05) is 18.2 Å². The molecule has 0 bridgehead atoms. The summed E-state index contributed by atoms with van der Waals surface area (Å²) in [6.07, 6.45) is 0. The van der Waals surface area contributed by atoms with Gasteiger partial charge in [0.25, 0.3) is 0 Å². The average molecular weight is 304 g/mol. The standard InChI is InChI=1S/C17H16N6/c1-10-4-6-12(3)14(8-10)19-16-17-20-21-22-23(17)15-9-11(2)5-7-13(15)18-16/h4-9H,1-3H3,(H,18,19). The highest BCUT2D eigenvalue weighted by Gasteiger charge is 2.12. The van der Waals surface area contributed by atoms with E-state index in [4.69, 9.17) is 4.98 Å². The van der Waals surface area contributed by atoms with Crippen molar-refractivity contribution in [2.75, 3.05) is 5.32 Å². The highest BCUT2D eigenvalue weighted by atomic mass is 15.5. The van der Waals surface area contributed by atoms with E-state index in [0.717, 1.165) is 27.8 Å². The van der Waals surface area contributed by atoms with Gasteiger partial charge in [-0.3, -0.25) is 0 Å². The van der Waals surface area contributed by atoms with Gasteiger partial charge in [0.1, 0.15) is 0 Å². The van der Waals surface area contributed by atoms with E-state index in [-0.39, 0.29) is 0 Å². The van der Waals surface area contributed by atoms with E-state index >= 15 is 0 Å². The van der Waals surface area contributed by atoms with Crippen molar-refractivity contribution in [2.45, 2.75) is 20.8 Å². The molecule has 0 atom stereocenters. The fourth-order valence-electron chi connectivity index (χ4n) is 2.65. The third-order valence-electron chi connectivity index (χ3n) is 3.92. The van der Waals surface area contributed by atoms with Crippen LogP contribution in [0, 0.1) is 20.8 Å². The molecular formula is C17H16N6. The van der Waals surface area contributed by atoms with Crippen LogP contribution in [0.4, 0.5) is 11.5 Å². The van der Waals surface area contributed by atoms with Crippen molar-refractivity contribution < 1.29 is 0 Å². The van der Waals surface area contributed by atoms with Crippen LogP contribution in [0.3, 0.4) is 0 Å². The molecule has 0 saturated heterocycles. The zero-order valence-electron chi connectivity index (χ0n) is 13.2. The summed E-state index contributed by atoms with van der Waals surface area (Å²) in [7, 11) is 0. The molecule has 1 N–H and O–H groups in total. The minimum atomic E-state index is 0.615. The van der Waals surface area contributed by atoms with Crippen LogP contribution in [0.15, 0.2) is 36.4 Å². The Balaban J connectivity index is 1.93. The first-order valence-corrected chi connectivity index (χ1v) is 7.44. The summed E-state index contributed by atoms with van der Waals surface area (Å²) in [6, 6.07) is 12.3. The molecule has 0 fully saturated rings. The van der Waals surface area contributed by atoms with Crippen molar-refractivity contribution in [2.24, 2.45) is 0 Å². The second-order valence-corrected chi connectivity index (χ2v) is 5.81. The number of nitrogens with one attached hydrogen (secondary N) is 1. The predicted octanol–water partition coefficient (Wildman–Crippen LogP) is 3.34. The van der Waals surface area contributed by atoms with Crippen molar-refractivity contribution >= 4 is 28.2 Å². The predicted molar refractivity (Wildman–Crippen MR) is 90.0 cm³/mol. The van der Waals surface area contributed by atoms with E-state index in [0.29, 0.717) is 11.5 Å². The molecule has 0 aliphatic heterocycles. The summed E-state index contributed by atoms with van der Waals surface area (Å²) >= 11 is 0. The van der Waals surface area contributed by atoms with Crippen LogP contribution in [-0.4, -0.2) is 25.0 Å².